The molecule has 1 aromatic heterocycles. The predicted octanol–water partition coefficient (Wildman–Crippen LogP) is 4.48. The number of hydrogen-bond donors (Lipinski definition) is 1. The summed E-state index contributed by atoms with van der Waals surface area (Å²) >= 11 is 18.2. The number of aromatic nitrogens is 2. The average Bonchev–Trinajstić information content (AvgIpc) is 3.47. The zero-order valence-corrected chi connectivity index (χ0v) is 17.1. The molecule has 144 valence electrons. The molecule has 2 aromatic rings. The third-order valence-corrected chi connectivity index (χ3v) is 6.30. The van der Waals surface area contributed by atoms with Crippen molar-refractivity contribution in [3.8, 4) is 5.69 Å². The van der Waals surface area contributed by atoms with Crippen LogP contribution in [0.2, 0.25) is 15.1 Å². The number of nitrogens with one attached hydrogen (secondary N) is 1. The summed E-state index contributed by atoms with van der Waals surface area (Å²) in [5, 5.41) is 8.20. The van der Waals surface area contributed by atoms with Gasteiger partial charge >= 0.3 is 0 Å². The lowest BCUT2D eigenvalue weighted by Gasteiger charge is -2.33. The third-order valence-electron chi connectivity index (χ3n) is 5.23. The van der Waals surface area contributed by atoms with E-state index in [1.165, 1.54) is 30.3 Å². The van der Waals surface area contributed by atoms with Crippen molar-refractivity contribution in [3.05, 3.63) is 49.8 Å². The van der Waals surface area contributed by atoms with Crippen molar-refractivity contribution in [3.63, 3.8) is 0 Å². The summed E-state index contributed by atoms with van der Waals surface area (Å²) in [6.07, 6.45) is 6.37. The maximum Gasteiger partial charge on any atom is 0.291 e. The molecule has 4 rings (SSSR count). The van der Waals surface area contributed by atoms with Crippen molar-refractivity contribution in [1.29, 1.82) is 0 Å². The van der Waals surface area contributed by atoms with Gasteiger partial charge in [-0.25, -0.2) is 0 Å². The molecule has 0 amide bonds. The zero-order valence-electron chi connectivity index (χ0n) is 14.8. The summed E-state index contributed by atoms with van der Waals surface area (Å²) in [4.78, 5) is 14.8. The van der Waals surface area contributed by atoms with Gasteiger partial charge in [-0.05, 0) is 49.8 Å². The fraction of sp³-hybridized carbons (Fsp3) is 0.474. The summed E-state index contributed by atoms with van der Waals surface area (Å²) in [5.74, 6) is 0.940. The normalized spacial score (nSPS) is 18.6. The van der Waals surface area contributed by atoms with Crippen LogP contribution < -0.4 is 10.9 Å². The van der Waals surface area contributed by atoms with Crippen molar-refractivity contribution in [2.24, 2.45) is 5.92 Å². The maximum atomic E-state index is 12.2. The molecule has 1 N–H and O–H groups in total. The van der Waals surface area contributed by atoms with E-state index in [1.807, 2.05) is 6.07 Å². The molecule has 0 unspecified atom stereocenters. The number of piperidine rings is 1. The van der Waals surface area contributed by atoms with E-state index >= 15 is 0 Å². The van der Waals surface area contributed by atoms with Gasteiger partial charge in [0.05, 0.1) is 27.6 Å². The topological polar surface area (TPSA) is 50.2 Å². The van der Waals surface area contributed by atoms with Gasteiger partial charge in [0.15, 0.2) is 0 Å². The Bertz CT molecular complexity index is 889. The smallest absolute Gasteiger partial charge is 0.291 e. The van der Waals surface area contributed by atoms with Gasteiger partial charge in [-0.2, -0.15) is 9.78 Å². The van der Waals surface area contributed by atoms with Crippen LogP contribution in [0.3, 0.4) is 0 Å². The fourth-order valence-corrected chi connectivity index (χ4v) is 3.98. The maximum absolute atomic E-state index is 12.2. The molecule has 2 fully saturated rings. The van der Waals surface area contributed by atoms with Crippen LogP contribution in [0.1, 0.15) is 25.7 Å². The van der Waals surface area contributed by atoms with E-state index in [2.05, 4.69) is 15.3 Å². The van der Waals surface area contributed by atoms with Crippen molar-refractivity contribution >= 4 is 40.5 Å². The summed E-state index contributed by atoms with van der Waals surface area (Å²) in [5.41, 5.74) is 0.950. The Morgan fingerprint density at radius 2 is 1.81 bits per heavy atom. The summed E-state index contributed by atoms with van der Waals surface area (Å²) in [7, 11) is 0. The Kier molecular flexibility index (Phi) is 5.65. The molecule has 0 spiro atoms. The van der Waals surface area contributed by atoms with Crippen molar-refractivity contribution in [2.75, 3.05) is 25.0 Å². The van der Waals surface area contributed by atoms with Crippen LogP contribution in [0, 0.1) is 5.92 Å². The highest BCUT2D eigenvalue weighted by Crippen LogP contribution is 2.31. The van der Waals surface area contributed by atoms with Crippen molar-refractivity contribution in [2.45, 2.75) is 31.7 Å². The zero-order chi connectivity index (χ0) is 19.0. The Morgan fingerprint density at radius 1 is 1.07 bits per heavy atom. The van der Waals surface area contributed by atoms with Crippen LogP contribution in [0.5, 0.6) is 0 Å². The molecule has 5 nitrogen and oxygen atoms in total. The highest BCUT2D eigenvalue weighted by Gasteiger charge is 2.27. The number of nitrogens with zero attached hydrogens (tertiary/aromatic N) is 3. The van der Waals surface area contributed by atoms with E-state index in [9.17, 15) is 4.79 Å². The minimum absolute atomic E-state index is 0.0528. The number of halogens is 3. The lowest BCUT2D eigenvalue weighted by molar-refractivity contribution is 0.211. The highest BCUT2D eigenvalue weighted by atomic mass is 35.5. The fourth-order valence-electron chi connectivity index (χ4n) is 3.49. The van der Waals surface area contributed by atoms with E-state index in [4.69, 9.17) is 34.8 Å². The molecule has 0 radical (unpaired) electrons. The van der Waals surface area contributed by atoms with Crippen LogP contribution in [0.15, 0.2) is 29.2 Å². The monoisotopic (exact) mass is 426 g/mol. The summed E-state index contributed by atoms with van der Waals surface area (Å²) in [6, 6.07) is 5.81. The van der Waals surface area contributed by atoms with Gasteiger partial charge in [-0.3, -0.25) is 4.79 Å². The first-order valence-corrected chi connectivity index (χ1v) is 10.4. The summed E-state index contributed by atoms with van der Waals surface area (Å²) < 4.78 is 1.19. The number of likely N-dealkylation sites (tertiary alicyclic amines) is 1. The van der Waals surface area contributed by atoms with Crippen LogP contribution in [-0.2, 0) is 0 Å². The van der Waals surface area contributed by atoms with E-state index in [0.717, 1.165) is 37.5 Å². The van der Waals surface area contributed by atoms with E-state index in [1.54, 1.807) is 12.1 Å². The largest absolute Gasteiger partial charge is 0.381 e. The molecule has 2 aliphatic rings. The van der Waals surface area contributed by atoms with Gasteiger partial charge in [-0.1, -0.05) is 34.8 Å². The molecule has 1 saturated heterocycles. The van der Waals surface area contributed by atoms with Gasteiger partial charge in [0.2, 0.25) is 0 Å². The Balaban J connectivity index is 1.43. The molecule has 0 bridgehead atoms. The quantitative estimate of drug-likeness (QED) is 0.764. The summed E-state index contributed by atoms with van der Waals surface area (Å²) in [6.45, 7) is 3.52. The van der Waals surface area contributed by atoms with Crippen LogP contribution in [0.4, 0.5) is 5.69 Å². The number of rotatable bonds is 5. The molecule has 0 atom stereocenters. The van der Waals surface area contributed by atoms with E-state index < -0.39 is 5.56 Å². The van der Waals surface area contributed by atoms with Crippen LogP contribution in [0.25, 0.3) is 5.69 Å². The number of anilines is 1. The van der Waals surface area contributed by atoms with Gasteiger partial charge in [0, 0.05) is 25.7 Å². The standard InChI is InChI=1S/C19H21Cl3N4O/c20-15-9-14(26-19(27)18(22)16(21)10-23-26)3-4-17(15)24-13-5-7-25(8-6-13)11-12-1-2-12/h3-4,9-10,12-13,24H,1-2,5-8,11H2. The Labute approximate surface area is 173 Å². The van der Waals surface area contributed by atoms with Gasteiger partial charge in [-0.15, -0.1) is 0 Å². The minimum atomic E-state index is -0.469. The number of hydrogen-bond acceptors (Lipinski definition) is 4. The Hall–Kier alpha value is -1.27. The lowest BCUT2D eigenvalue weighted by Crippen LogP contribution is -2.40. The molecule has 1 aliphatic heterocycles. The molecule has 1 aromatic carbocycles. The van der Waals surface area contributed by atoms with Crippen LogP contribution >= 0.6 is 34.8 Å². The molecule has 8 heteroatoms. The lowest BCUT2D eigenvalue weighted by atomic mass is 10.0. The minimum Gasteiger partial charge on any atom is -0.381 e. The van der Waals surface area contributed by atoms with Gasteiger partial charge < -0.3 is 10.2 Å². The molecular weight excluding hydrogens is 407 g/mol. The SMILES string of the molecule is O=c1c(Cl)c(Cl)cnn1-c1ccc(NC2CCN(CC3CC3)CC2)c(Cl)c1. The second-order valence-corrected chi connectivity index (χ2v) is 8.54. The molecule has 1 aliphatic carbocycles. The van der Waals surface area contributed by atoms with Crippen LogP contribution in [-0.4, -0.2) is 40.4 Å². The first kappa shape index (κ1) is 19.1. The number of benzene rings is 1. The molecular formula is C19H21Cl3N4O. The van der Waals surface area contributed by atoms with E-state index in [0.29, 0.717) is 16.8 Å². The Morgan fingerprint density at radius 3 is 2.48 bits per heavy atom. The molecule has 27 heavy (non-hydrogen) atoms. The second kappa shape index (κ2) is 8.00. The average molecular weight is 428 g/mol. The first-order valence-electron chi connectivity index (χ1n) is 9.23. The van der Waals surface area contributed by atoms with E-state index in [-0.39, 0.29) is 10.0 Å². The van der Waals surface area contributed by atoms with Gasteiger partial charge in [0.25, 0.3) is 5.56 Å². The predicted molar refractivity (Wildman–Crippen MR) is 111 cm³/mol. The highest BCUT2D eigenvalue weighted by molar-refractivity contribution is 6.41. The first-order chi connectivity index (χ1) is 13.0. The second-order valence-electron chi connectivity index (χ2n) is 7.35. The van der Waals surface area contributed by atoms with Gasteiger partial charge in [0.1, 0.15) is 5.02 Å². The third kappa shape index (κ3) is 4.43. The molecule has 1 saturated carbocycles. The van der Waals surface area contributed by atoms with Crippen molar-refractivity contribution < 1.29 is 0 Å². The molecule has 2 heterocycles. The van der Waals surface area contributed by atoms with Crippen molar-refractivity contribution in [1.82, 2.24) is 14.7 Å².